The van der Waals surface area contributed by atoms with Gasteiger partial charge in [-0.1, -0.05) is 29.8 Å². The van der Waals surface area contributed by atoms with Crippen molar-refractivity contribution >= 4 is 12.6 Å². The summed E-state index contributed by atoms with van der Waals surface area (Å²) < 4.78 is -0.220. The molecule has 1 aromatic carbocycles. The number of benzene rings is 1. The van der Waals surface area contributed by atoms with Gasteiger partial charge in [-0.05, 0) is 25.8 Å². The topological polar surface area (TPSA) is 20.2 Å². The van der Waals surface area contributed by atoms with Crippen molar-refractivity contribution in [3.05, 3.63) is 35.4 Å². The molecule has 0 aliphatic heterocycles. The molecule has 0 amide bonds. The number of aryl methyl sites for hydroxylation is 1. The Morgan fingerprint density at radius 2 is 1.85 bits per heavy atom. The van der Waals surface area contributed by atoms with Gasteiger partial charge in [-0.25, -0.2) is 0 Å². The van der Waals surface area contributed by atoms with E-state index < -0.39 is 0 Å². The molecule has 0 aromatic heterocycles. The first-order valence-corrected chi connectivity index (χ1v) is 4.91. The first kappa shape index (κ1) is 10.6. The van der Waals surface area contributed by atoms with Gasteiger partial charge in [0.1, 0.15) is 0 Å². The highest BCUT2D eigenvalue weighted by Crippen LogP contribution is 2.31. The van der Waals surface area contributed by atoms with Gasteiger partial charge in [-0.15, -0.1) is 0 Å². The summed E-state index contributed by atoms with van der Waals surface area (Å²) in [4.78, 5) is 0. The summed E-state index contributed by atoms with van der Waals surface area (Å²) in [5.74, 6) is 0. The first-order valence-electron chi connectivity index (χ1n) is 4.46. The molecule has 0 saturated carbocycles. The van der Waals surface area contributed by atoms with Gasteiger partial charge in [0, 0.05) is 11.4 Å². The fourth-order valence-electron chi connectivity index (χ4n) is 1.27. The fourth-order valence-corrected chi connectivity index (χ4v) is 1.52. The molecule has 1 nitrogen and oxygen atoms in total. The van der Waals surface area contributed by atoms with Crippen LogP contribution in [0.5, 0.6) is 0 Å². The molecule has 1 N–H and O–H groups in total. The Morgan fingerprint density at radius 1 is 1.31 bits per heavy atom. The number of thiol groups is 1. The third-order valence-electron chi connectivity index (χ3n) is 2.27. The lowest BCUT2D eigenvalue weighted by Gasteiger charge is -2.23. The molecule has 0 fully saturated rings. The molecule has 1 unspecified atom stereocenters. The van der Waals surface area contributed by atoms with Crippen molar-refractivity contribution in [1.29, 1.82) is 0 Å². The van der Waals surface area contributed by atoms with Crippen LogP contribution in [0.1, 0.15) is 24.5 Å². The van der Waals surface area contributed by atoms with Crippen LogP contribution in [0.25, 0.3) is 0 Å². The molecule has 72 valence electrons. The van der Waals surface area contributed by atoms with Crippen LogP contribution < -0.4 is 0 Å². The normalized spacial score (nSPS) is 15.4. The van der Waals surface area contributed by atoms with Crippen LogP contribution in [0.4, 0.5) is 0 Å². The summed E-state index contributed by atoms with van der Waals surface area (Å²) >= 11 is 4.53. The summed E-state index contributed by atoms with van der Waals surface area (Å²) in [6, 6.07) is 8.28. The Bertz CT molecular complexity index is 264. The largest absolute Gasteiger partial charge is 0.396 e. The molecular weight excluding hydrogens is 180 g/mol. The minimum absolute atomic E-state index is 0.174. The van der Waals surface area contributed by atoms with Crippen LogP contribution in [0, 0.1) is 6.92 Å². The monoisotopic (exact) mass is 196 g/mol. The average molecular weight is 196 g/mol. The summed E-state index contributed by atoms with van der Waals surface area (Å²) in [7, 11) is 0. The number of aliphatic hydroxyl groups is 1. The van der Waals surface area contributed by atoms with E-state index in [4.69, 9.17) is 5.11 Å². The summed E-state index contributed by atoms with van der Waals surface area (Å²) in [5.41, 5.74) is 2.41. The molecule has 0 spiro atoms. The van der Waals surface area contributed by atoms with Gasteiger partial charge < -0.3 is 5.11 Å². The molecule has 2 heteroatoms. The number of aliphatic hydroxyl groups excluding tert-OH is 1. The molecule has 13 heavy (non-hydrogen) atoms. The van der Waals surface area contributed by atoms with Gasteiger partial charge >= 0.3 is 0 Å². The van der Waals surface area contributed by atoms with E-state index in [1.807, 2.05) is 6.92 Å². The molecular formula is C11H16OS. The molecule has 0 aliphatic carbocycles. The van der Waals surface area contributed by atoms with Crippen LogP contribution in [0.2, 0.25) is 0 Å². The maximum absolute atomic E-state index is 8.87. The van der Waals surface area contributed by atoms with Gasteiger partial charge in [0.25, 0.3) is 0 Å². The second-order valence-corrected chi connectivity index (χ2v) is 4.60. The van der Waals surface area contributed by atoms with Crippen molar-refractivity contribution in [2.45, 2.75) is 25.0 Å². The van der Waals surface area contributed by atoms with Crippen molar-refractivity contribution in [3.63, 3.8) is 0 Å². The minimum atomic E-state index is -0.220. The fraction of sp³-hybridized carbons (Fsp3) is 0.455. The lowest BCUT2D eigenvalue weighted by atomic mass is 9.96. The lowest BCUT2D eigenvalue weighted by Crippen LogP contribution is -2.15. The predicted octanol–water partition coefficient (Wildman–Crippen LogP) is 2.52. The van der Waals surface area contributed by atoms with Crippen LogP contribution in [-0.2, 0) is 4.75 Å². The Morgan fingerprint density at radius 3 is 2.31 bits per heavy atom. The maximum atomic E-state index is 8.87. The van der Waals surface area contributed by atoms with E-state index in [0.29, 0.717) is 6.42 Å². The van der Waals surface area contributed by atoms with Crippen LogP contribution in [0.15, 0.2) is 24.3 Å². The Labute approximate surface area is 85.2 Å². The standard InChI is InChI=1S/C11H16OS/c1-9-3-5-10(6-4-9)11(2,13)7-8-12/h3-6,12-13H,7-8H2,1-2H3. The summed E-state index contributed by atoms with van der Waals surface area (Å²) in [6.07, 6.45) is 0.680. The molecule has 0 saturated heterocycles. The predicted molar refractivity (Wildman–Crippen MR) is 59.2 cm³/mol. The molecule has 1 rings (SSSR count). The Hall–Kier alpha value is -0.470. The zero-order chi connectivity index (χ0) is 9.90. The second kappa shape index (κ2) is 4.16. The smallest absolute Gasteiger partial charge is 0.0447 e. The quantitative estimate of drug-likeness (QED) is 0.712. The van der Waals surface area contributed by atoms with Gasteiger partial charge in [-0.3, -0.25) is 0 Å². The van der Waals surface area contributed by atoms with Crippen molar-refractivity contribution in [2.24, 2.45) is 0 Å². The Kier molecular flexibility index (Phi) is 3.40. The van der Waals surface area contributed by atoms with Gasteiger partial charge in [0.15, 0.2) is 0 Å². The van der Waals surface area contributed by atoms with Gasteiger partial charge in [0.2, 0.25) is 0 Å². The third-order valence-corrected chi connectivity index (χ3v) is 2.75. The third kappa shape index (κ3) is 2.75. The second-order valence-electron chi connectivity index (χ2n) is 3.61. The number of rotatable bonds is 3. The van der Waals surface area contributed by atoms with Crippen LogP contribution >= 0.6 is 12.6 Å². The average Bonchev–Trinajstić information content (AvgIpc) is 2.05. The van der Waals surface area contributed by atoms with E-state index in [1.54, 1.807) is 0 Å². The highest BCUT2D eigenvalue weighted by atomic mass is 32.1. The van der Waals surface area contributed by atoms with Crippen molar-refractivity contribution < 1.29 is 5.11 Å². The van der Waals surface area contributed by atoms with Crippen molar-refractivity contribution in [1.82, 2.24) is 0 Å². The van der Waals surface area contributed by atoms with Crippen molar-refractivity contribution in [3.8, 4) is 0 Å². The van der Waals surface area contributed by atoms with E-state index in [-0.39, 0.29) is 11.4 Å². The van der Waals surface area contributed by atoms with E-state index in [2.05, 4.69) is 43.8 Å². The van der Waals surface area contributed by atoms with E-state index in [0.717, 1.165) is 5.56 Å². The molecule has 0 heterocycles. The zero-order valence-electron chi connectivity index (χ0n) is 8.12. The van der Waals surface area contributed by atoms with Gasteiger partial charge in [0.05, 0.1) is 0 Å². The number of hydrogen-bond donors (Lipinski definition) is 2. The highest BCUT2D eigenvalue weighted by Gasteiger charge is 2.20. The Balaban J connectivity index is 2.87. The maximum Gasteiger partial charge on any atom is 0.0447 e. The first-order chi connectivity index (χ1) is 6.06. The highest BCUT2D eigenvalue weighted by molar-refractivity contribution is 7.81. The lowest BCUT2D eigenvalue weighted by molar-refractivity contribution is 0.272. The summed E-state index contributed by atoms with van der Waals surface area (Å²) in [5, 5.41) is 8.87. The van der Waals surface area contributed by atoms with Crippen LogP contribution in [0.3, 0.4) is 0 Å². The van der Waals surface area contributed by atoms with E-state index in [1.165, 1.54) is 5.56 Å². The molecule has 1 aromatic rings. The number of hydrogen-bond acceptors (Lipinski definition) is 2. The van der Waals surface area contributed by atoms with E-state index in [9.17, 15) is 0 Å². The molecule has 0 aliphatic rings. The van der Waals surface area contributed by atoms with Crippen LogP contribution in [-0.4, -0.2) is 11.7 Å². The molecule has 0 radical (unpaired) electrons. The van der Waals surface area contributed by atoms with E-state index >= 15 is 0 Å². The van der Waals surface area contributed by atoms with Crippen molar-refractivity contribution in [2.75, 3.05) is 6.61 Å². The van der Waals surface area contributed by atoms with Gasteiger partial charge in [-0.2, -0.15) is 12.6 Å². The zero-order valence-corrected chi connectivity index (χ0v) is 9.01. The summed E-state index contributed by atoms with van der Waals surface area (Å²) in [6.45, 7) is 4.26. The molecule has 1 atom stereocenters. The SMILES string of the molecule is Cc1ccc(C(C)(S)CCO)cc1. The molecule has 0 bridgehead atoms. The minimum Gasteiger partial charge on any atom is -0.396 e.